The summed E-state index contributed by atoms with van der Waals surface area (Å²) in [5.74, 6) is 0.00135. The van der Waals surface area contributed by atoms with Gasteiger partial charge in [-0.3, -0.25) is 4.79 Å². The van der Waals surface area contributed by atoms with E-state index in [0.29, 0.717) is 10.0 Å². The Labute approximate surface area is 129 Å². The second-order valence-corrected chi connectivity index (χ2v) is 5.98. The number of nitrogen functional groups attached to an aromatic ring is 1. The zero-order valence-corrected chi connectivity index (χ0v) is 13.6. The predicted octanol–water partition coefficient (Wildman–Crippen LogP) is 3.48. The van der Waals surface area contributed by atoms with Gasteiger partial charge in [0.05, 0.1) is 0 Å². The van der Waals surface area contributed by atoms with Gasteiger partial charge in [-0.15, -0.1) is 0 Å². The standard InChI is InChI=1S/C13H15BrN4OS/c1-3-16-13-18-11(15)10(20-13)12(19)17-9-6-4-5-8(14)7(9)2/h4-6H,3,15H2,1-2H3,(H,16,18)(H,17,19). The number of carbonyl (C=O) groups excluding carboxylic acids is 1. The molecule has 20 heavy (non-hydrogen) atoms. The van der Waals surface area contributed by atoms with E-state index in [4.69, 9.17) is 5.73 Å². The minimum absolute atomic E-state index is 0.245. The zero-order chi connectivity index (χ0) is 14.7. The van der Waals surface area contributed by atoms with E-state index in [1.54, 1.807) is 0 Å². The lowest BCUT2D eigenvalue weighted by Crippen LogP contribution is -2.13. The van der Waals surface area contributed by atoms with Crippen molar-refractivity contribution in [3.63, 3.8) is 0 Å². The Morgan fingerprint density at radius 2 is 2.25 bits per heavy atom. The fraction of sp³-hybridized carbons (Fsp3) is 0.231. The molecule has 1 amide bonds. The van der Waals surface area contributed by atoms with Gasteiger partial charge >= 0.3 is 0 Å². The van der Waals surface area contributed by atoms with Crippen molar-refractivity contribution in [2.24, 2.45) is 0 Å². The summed E-state index contributed by atoms with van der Waals surface area (Å²) in [4.78, 5) is 16.8. The molecule has 106 valence electrons. The molecule has 2 rings (SSSR count). The summed E-state index contributed by atoms with van der Waals surface area (Å²) in [5, 5.41) is 6.56. The molecule has 0 aliphatic rings. The van der Waals surface area contributed by atoms with E-state index in [1.807, 2.05) is 32.0 Å². The summed E-state index contributed by atoms with van der Waals surface area (Å²) in [7, 11) is 0. The van der Waals surface area contributed by atoms with Crippen LogP contribution in [0.3, 0.4) is 0 Å². The molecule has 0 unspecified atom stereocenters. The lowest BCUT2D eigenvalue weighted by Gasteiger charge is -2.08. The zero-order valence-electron chi connectivity index (χ0n) is 11.2. The maximum absolute atomic E-state index is 12.3. The summed E-state index contributed by atoms with van der Waals surface area (Å²) < 4.78 is 0.945. The molecule has 1 heterocycles. The number of rotatable bonds is 4. The fourth-order valence-electron chi connectivity index (χ4n) is 1.64. The molecule has 0 atom stereocenters. The van der Waals surface area contributed by atoms with Crippen molar-refractivity contribution >= 4 is 49.8 Å². The van der Waals surface area contributed by atoms with Crippen molar-refractivity contribution in [1.82, 2.24) is 4.98 Å². The highest BCUT2D eigenvalue weighted by Gasteiger charge is 2.17. The van der Waals surface area contributed by atoms with Crippen LogP contribution in [0, 0.1) is 6.92 Å². The van der Waals surface area contributed by atoms with Crippen molar-refractivity contribution in [3.8, 4) is 0 Å². The topological polar surface area (TPSA) is 80.0 Å². The van der Waals surface area contributed by atoms with Crippen molar-refractivity contribution in [2.75, 3.05) is 22.9 Å². The largest absolute Gasteiger partial charge is 0.382 e. The van der Waals surface area contributed by atoms with Crippen LogP contribution >= 0.6 is 27.3 Å². The Hall–Kier alpha value is -1.60. The number of hydrogen-bond donors (Lipinski definition) is 3. The maximum Gasteiger partial charge on any atom is 0.269 e. The van der Waals surface area contributed by atoms with Gasteiger partial charge in [-0.2, -0.15) is 0 Å². The number of nitrogens with one attached hydrogen (secondary N) is 2. The molecule has 2 aromatic rings. The smallest absolute Gasteiger partial charge is 0.269 e. The number of carbonyl (C=O) groups is 1. The van der Waals surface area contributed by atoms with Crippen molar-refractivity contribution < 1.29 is 4.79 Å². The quantitative estimate of drug-likeness (QED) is 0.785. The minimum atomic E-state index is -0.245. The number of nitrogens with zero attached hydrogens (tertiary/aromatic N) is 1. The lowest BCUT2D eigenvalue weighted by atomic mass is 10.2. The van der Waals surface area contributed by atoms with E-state index in [-0.39, 0.29) is 11.7 Å². The number of halogens is 1. The Balaban J connectivity index is 2.22. The highest BCUT2D eigenvalue weighted by Crippen LogP contribution is 2.28. The van der Waals surface area contributed by atoms with Crippen LogP contribution in [0.4, 0.5) is 16.6 Å². The Bertz CT molecular complexity index is 641. The van der Waals surface area contributed by atoms with Gasteiger partial charge in [-0.05, 0) is 31.5 Å². The van der Waals surface area contributed by atoms with Gasteiger partial charge in [-0.25, -0.2) is 4.98 Å². The van der Waals surface area contributed by atoms with E-state index >= 15 is 0 Å². The van der Waals surface area contributed by atoms with Gasteiger partial charge in [0.25, 0.3) is 5.91 Å². The summed E-state index contributed by atoms with van der Waals surface area (Å²) in [6.45, 7) is 4.63. The number of aromatic nitrogens is 1. The first-order valence-corrected chi connectivity index (χ1v) is 7.70. The summed E-state index contributed by atoms with van der Waals surface area (Å²) in [6.07, 6.45) is 0. The highest BCUT2D eigenvalue weighted by atomic mass is 79.9. The van der Waals surface area contributed by atoms with Crippen molar-refractivity contribution in [1.29, 1.82) is 0 Å². The van der Waals surface area contributed by atoms with E-state index in [2.05, 4.69) is 31.5 Å². The molecule has 1 aromatic heterocycles. The van der Waals surface area contributed by atoms with E-state index in [0.717, 1.165) is 22.3 Å². The first-order chi connectivity index (χ1) is 9.52. The van der Waals surface area contributed by atoms with Gasteiger partial charge < -0.3 is 16.4 Å². The molecule has 0 aliphatic heterocycles. The lowest BCUT2D eigenvalue weighted by molar-refractivity contribution is 0.103. The van der Waals surface area contributed by atoms with Gasteiger partial charge in [0.1, 0.15) is 10.7 Å². The van der Waals surface area contributed by atoms with Crippen LogP contribution in [0.2, 0.25) is 0 Å². The van der Waals surface area contributed by atoms with Crippen LogP contribution in [0.5, 0.6) is 0 Å². The molecule has 0 saturated carbocycles. The molecular weight excluding hydrogens is 340 g/mol. The number of amides is 1. The summed E-state index contributed by atoms with van der Waals surface area (Å²) in [5.41, 5.74) is 7.50. The van der Waals surface area contributed by atoms with Gasteiger partial charge in [-0.1, -0.05) is 33.3 Å². The normalized spacial score (nSPS) is 10.3. The molecule has 4 N–H and O–H groups in total. The van der Waals surface area contributed by atoms with E-state index in [1.165, 1.54) is 11.3 Å². The molecule has 5 nitrogen and oxygen atoms in total. The number of anilines is 3. The van der Waals surface area contributed by atoms with Gasteiger partial charge in [0, 0.05) is 16.7 Å². The summed E-state index contributed by atoms with van der Waals surface area (Å²) >= 11 is 4.69. The van der Waals surface area contributed by atoms with Crippen LogP contribution in [0.1, 0.15) is 22.2 Å². The van der Waals surface area contributed by atoms with E-state index < -0.39 is 0 Å². The molecule has 0 saturated heterocycles. The number of hydrogen-bond acceptors (Lipinski definition) is 5. The van der Waals surface area contributed by atoms with Gasteiger partial charge in [0.2, 0.25) is 0 Å². The second-order valence-electron chi connectivity index (χ2n) is 4.13. The Morgan fingerprint density at radius 1 is 1.50 bits per heavy atom. The molecule has 0 radical (unpaired) electrons. The van der Waals surface area contributed by atoms with Crippen molar-refractivity contribution in [2.45, 2.75) is 13.8 Å². The highest BCUT2D eigenvalue weighted by molar-refractivity contribution is 9.10. The third-order valence-corrected chi connectivity index (χ3v) is 4.59. The summed E-state index contributed by atoms with van der Waals surface area (Å²) in [6, 6.07) is 5.64. The number of thiazole rings is 1. The second kappa shape index (κ2) is 6.23. The first kappa shape index (κ1) is 14.8. The molecule has 0 fully saturated rings. The molecular formula is C13H15BrN4OS. The number of benzene rings is 1. The molecule has 0 spiro atoms. The first-order valence-electron chi connectivity index (χ1n) is 6.09. The predicted molar refractivity (Wildman–Crippen MR) is 87.5 cm³/mol. The minimum Gasteiger partial charge on any atom is -0.382 e. The average Bonchev–Trinajstić information content (AvgIpc) is 2.76. The van der Waals surface area contributed by atoms with E-state index in [9.17, 15) is 4.79 Å². The van der Waals surface area contributed by atoms with Crippen LogP contribution in [0.25, 0.3) is 0 Å². The van der Waals surface area contributed by atoms with Crippen LogP contribution in [0.15, 0.2) is 22.7 Å². The third kappa shape index (κ3) is 3.10. The SMILES string of the molecule is CCNc1nc(N)c(C(=O)Nc2cccc(Br)c2C)s1. The van der Waals surface area contributed by atoms with Gasteiger partial charge in [0.15, 0.2) is 5.13 Å². The van der Waals surface area contributed by atoms with Crippen LogP contribution in [-0.4, -0.2) is 17.4 Å². The molecule has 7 heteroatoms. The molecule has 0 aliphatic carbocycles. The average molecular weight is 355 g/mol. The van der Waals surface area contributed by atoms with Crippen LogP contribution in [-0.2, 0) is 0 Å². The third-order valence-electron chi connectivity index (χ3n) is 2.70. The Morgan fingerprint density at radius 3 is 2.95 bits per heavy atom. The maximum atomic E-state index is 12.3. The van der Waals surface area contributed by atoms with Crippen LogP contribution < -0.4 is 16.4 Å². The monoisotopic (exact) mass is 354 g/mol. The van der Waals surface area contributed by atoms with Crippen molar-refractivity contribution in [3.05, 3.63) is 33.1 Å². The number of nitrogens with two attached hydrogens (primary N) is 1. The molecule has 1 aromatic carbocycles. The molecule has 0 bridgehead atoms. The Kier molecular flexibility index (Phi) is 4.61. The fourth-order valence-corrected chi connectivity index (χ4v) is 2.86.